The zero-order chi connectivity index (χ0) is 22.1. The van der Waals surface area contributed by atoms with Crippen molar-refractivity contribution in [3.63, 3.8) is 0 Å². The number of aryl methyl sites for hydroxylation is 2. The molecule has 2 amide bonds. The van der Waals surface area contributed by atoms with E-state index in [4.69, 9.17) is 4.42 Å². The molecule has 3 aromatic rings. The van der Waals surface area contributed by atoms with Crippen molar-refractivity contribution >= 4 is 22.8 Å². The number of urea groups is 1. The predicted octanol–water partition coefficient (Wildman–Crippen LogP) is 3.52. The minimum atomic E-state index is -0.346. The Balaban J connectivity index is 1.15. The van der Waals surface area contributed by atoms with Crippen molar-refractivity contribution in [2.45, 2.75) is 37.6 Å². The molecule has 7 heteroatoms. The number of piperazine rings is 1. The number of carbonyl (C=O) groups excluding carboxylic acids is 1. The van der Waals surface area contributed by atoms with Gasteiger partial charge in [-0.1, -0.05) is 30.3 Å². The largest absolute Gasteiger partial charge is 0.419 e. The second-order valence-electron chi connectivity index (χ2n) is 9.05. The van der Waals surface area contributed by atoms with Crippen LogP contribution in [-0.2, 0) is 13.5 Å². The molecule has 2 heterocycles. The van der Waals surface area contributed by atoms with Gasteiger partial charge in [0.1, 0.15) is 0 Å². The topological polar surface area (TPSA) is 70.7 Å². The molecule has 2 aromatic carbocycles. The van der Waals surface area contributed by atoms with Crippen LogP contribution in [0.25, 0.3) is 11.1 Å². The van der Waals surface area contributed by atoms with Crippen LogP contribution in [0.1, 0.15) is 31.2 Å². The monoisotopic (exact) mass is 434 g/mol. The third-order valence-corrected chi connectivity index (χ3v) is 6.88. The molecule has 0 radical (unpaired) electrons. The number of hydrogen-bond donors (Lipinski definition) is 1. The Bertz CT molecular complexity index is 1160. The van der Waals surface area contributed by atoms with Gasteiger partial charge in [0.15, 0.2) is 5.58 Å². The highest BCUT2D eigenvalue weighted by Crippen LogP contribution is 2.45. The molecular weight excluding hydrogens is 404 g/mol. The number of benzene rings is 2. The standard InChI is InChI=1S/C25H30N4O3/c1-27-21-11-10-20(17-22(21)32-24(27)31)28-15-16-29(25(18-28)12-13-25)23(30)26-14-6-5-9-19-7-3-2-4-8-19/h2-4,7-8,10-11,17H,5-6,9,12-16,18H2,1H3,(H,26,30). The van der Waals surface area contributed by atoms with E-state index in [-0.39, 0.29) is 17.3 Å². The molecule has 2 aliphatic rings. The van der Waals surface area contributed by atoms with E-state index in [0.29, 0.717) is 18.7 Å². The zero-order valence-corrected chi connectivity index (χ0v) is 18.5. The summed E-state index contributed by atoms with van der Waals surface area (Å²) in [7, 11) is 1.71. The van der Waals surface area contributed by atoms with Gasteiger partial charge in [-0.15, -0.1) is 0 Å². The van der Waals surface area contributed by atoms with Crippen LogP contribution < -0.4 is 16.0 Å². The van der Waals surface area contributed by atoms with Gasteiger partial charge in [-0.25, -0.2) is 9.59 Å². The number of nitrogens with zero attached hydrogens (tertiary/aromatic N) is 3. The van der Waals surface area contributed by atoms with Crippen molar-refractivity contribution in [2.24, 2.45) is 7.05 Å². The molecule has 1 saturated heterocycles. The lowest BCUT2D eigenvalue weighted by atomic mass is 10.1. The Labute approximate surface area is 187 Å². The van der Waals surface area contributed by atoms with Crippen LogP contribution in [0.5, 0.6) is 0 Å². The minimum Gasteiger partial charge on any atom is -0.408 e. The molecule has 1 spiro atoms. The summed E-state index contributed by atoms with van der Waals surface area (Å²) in [5.41, 5.74) is 3.72. The van der Waals surface area contributed by atoms with Crippen molar-refractivity contribution in [1.29, 1.82) is 0 Å². The number of anilines is 1. The maximum atomic E-state index is 12.9. The first-order valence-electron chi connectivity index (χ1n) is 11.5. The van der Waals surface area contributed by atoms with E-state index >= 15 is 0 Å². The fourth-order valence-electron chi connectivity index (χ4n) is 4.80. The molecule has 1 saturated carbocycles. The Hall–Kier alpha value is -3.22. The highest BCUT2D eigenvalue weighted by atomic mass is 16.4. The lowest BCUT2D eigenvalue weighted by Crippen LogP contribution is -2.59. The van der Waals surface area contributed by atoms with Gasteiger partial charge in [-0.2, -0.15) is 0 Å². The number of amides is 2. The molecule has 1 N–H and O–H groups in total. The molecule has 32 heavy (non-hydrogen) atoms. The fourth-order valence-corrected chi connectivity index (χ4v) is 4.80. The number of nitrogens with one attached hydrogen (secondary N) is 1. The lowest BCUT2D eigenvalue weighted by molar-refractivity contribution is 0.156. The summed E-state index contributed by atoms with van der Waals surface area (Å²) in [6.07, 6.45) is 5.17. The first-order chi connectivity index (χ1) is 15.6. The number of oxazole rings is 1. The Morgan fingerprint density at radius 2 is 1.91 bits per heavy atom. The SMILES string of the molecule is Cn1c(=O)oc2cc(N3CCN(C(=O)NCCCCc4ccccc4)C4(CC4)C3)ccc21. The molecule has 1 aromatic heterocycles. The maximum Gasteiger partial charge on any atom is 0.419 e. The van der Waals surface area contributed by atoms with Crippen LogP contribution in [0, 0.1) is 0 Å². The van der Waals surface area contributed by atoms with E-state index in [1.165, 1.54) is 10.1 Å². The Morgan fingerprint density at radius 1 is 1.09 bits per heavy atom. The Morgan fingerprint density at radius 3 is 2.69 bits per heavy atom. The molecule has 0 atom stereocenters. The van der Waals surface area contributed by atoms with Crippen LogP contribution in [-0.4, -0.2) is 47.2 Å². The van der Waals surface area contributed by atoms with Gasteiger partial charge in [0.2, 0.25) is 0 Å². The normalized spacial score (nSPS) is 17.2. The quantitative estimate of drug-likeness (QED) is 0.603. The highest BCUT2D eigenvalue weighted by molar-refractivity contribution is 5.79. The molecule has 0 bridgehead atoms. The molecule has 2 fully saturated rings. The van der Waals surface area contributed by atoms with Crippen LogP contribution in [0.2, 0.25) is 0 Å². The second-order valence-corrected chi connectivity index (χ2v) is 9.05. The molecular formula is C25H30N4O3. The number of hydrogen-bond acceptors (Lipinski definition) is 4. The van der Waals surface area contributed by atoms with Crippen molar-refractivity contribution in [2.75, 3.05) is 31.1 Å². The molecule has 1 aliphatic carbocycles. The third kappa shape index (κ3) is 3.99. The van der Waals surface area contributed by atoms with Gasteiger partial charge in [0.25, 0.3) is 0 Å². The average Bonchev–Trinajstić information content (AvgIpc) is 3.51. The van der Waals surface area contributed by atoms with Gasteiger partial charge in [0, 0.05) is 45.0 Å². The molecule has 168 valence electrons. The number of fused-ring (bicyclic) bond motifs is 1. The lowest BCUT2D eigenvalue weighted by Gasteiger charge is -2.43. The second kappa shape index (κ2) is 8.37. The summed E-state index contributed by atoms with van der Waals surface area (Å²) in [6.45, 7) is 3.00. The fraction of sp³-hybridized carbons (Fsp3) is 0.440. The minimum absolute atomic E-state index is 0.0615. The van der Waals surface area contributed by atoms with Gasteiger partial charge in [-0.05, 0) is 49.8 Å². The summed E-state index contributed by atoms with van der Waals surface area (Å²) in [4.78, 5) is 29.0. The molecule has 1 aliphatic heterocycles. The van der Waals surface area contributed by atoms with Crippen molar-refractivity contribution < 1.29 is 9.21 Å². The number of aromatic nitrogens is 1. The van der Waals surface area contributed by atoms with Gasteiger partial charge in [0.05, 0.1) is 11.1 Å². The van der Waals surface area contributed by atoms with E-state index in [1.807, 2.05) is 29.2 Å². The van der Waals surface area contributed by atoms with Crippen LogP contribution in [0.4, 0.5) is 10.5 Å². The van der Waals surface area contributed by atoms with Gasteiger partial charge in [-0.3, -0.25) is 4.57 Å². The van der Waals surface area contributed by atoms with Crippen molar-refractivity contribution in [3.05, 3.63) is 64.6 Å². The summed E-state index contributed by atoms with van der Waals surface area (Å²) < 4.78 is 6.87. The molecule has 0 unspecified atom stereocenters. The Kier molecular flexibility index (Phi) is 5.41. The van der Waals surface area contributed by atoms with Crippen LogP contribution in [0.15, 0.2) is 57.7 Å². The summed E-state index contributed by atoms with van der Waals surface area (Å²) in [5.74, 6) is -0.346. The van der Waals surface area contributed by atoms with E-state index in [0.717, 1.165) is 56.4 Å². The van der Waals surface area contributed by atoms with Gasteiger partial charge < -0.3 is 19.5 Å². The number of rotatable bonds is 6. The van der Waals surface area contributed by atoms with E-state index < -0.39 is 0 Å². The van der Waals surface area contributed by atoms with Gasteiger partial charge >= 0.3 is 11.8 Å². The number of carbonyl (C=O) groups is 1. The predicted molar refractivity (Wildman–Crippen MR) is 125 cm³/mol. The van der Waals surface area contributed by atoms with Crippen LogP contribution >= 0.6 is 0 Å². The average molecular weight is 435 g/mol. The maximum absolute atomic E-state index is 12.9. The van der Waals surface area contributed by atoms with E-state index in [1.54, 1.807) is 7.05 Å². The van der Waals surface area contributed by atoms with E-state index in [9.17, 15) is 9.59 Å². The summed E-state index contributed by atoms with van der Waals surface area (Å²) in [5, 5.41) is 3.14. The highest BCUT2D eigenvalue weighted by Gasteiger charge is 2.53. The molecule has 7 nitrogen and oxygen atoms in total. The zero-order valence-electron chi connectivity index (χ0n) is 18.5. The smallest absolute Gasteiger partial charge is 0.408 e. The first-order valence-corrected chi connectivity index (χ1v) is 11.5. The van der Waals surface area contributed by atoms with Crippen molar-refractivity contribution in [3.8, 4) is 0 Å². The number of unbranched alkanes of at least 4 members (excludes halogenated alkanes) is 1. The first kappa shape index (κ1) is 20.7. The van der Waals surface area contributed by atoms with Crippen LogP contribution in [0.3, 0.4) is 0 Å². The van der Waals surface area contributed by atoms with E-state index in [2.05, 4.69) is 34.5 Å². The summed E-state index contributed by atoms with van der Waals surface area (Å²) >= 11 is 0. The molecule has 5 rings (SSSR count). The summed E-state index contributed by atoms with van der Waals surface area (Å²) in [6, 6.07) is 16.4. The third-order valence-electron chi connectivity index (χ3n) is 6.88. The van der Waals surface area contributed by atoms with Crippen molar-refractivity contribution in [1.82, 2.24) is 14.8 Å².